The van der Waals surface area contributed by atoms with Gasteiger partial charge < -0.3 is 20.5 Å². The van der Waals surface area contributed by atoms with Crippen molar-refractivity contribution in [2.75, 3.05) is 16.0 Å². The summed E-state index contributed by atoms with van der Waals surface area (Å²) in [6, 6.07) is 19.2. The van der Waals surface area contributed by atoms with Gasteiger partial charge in [-0.2, -0.15) is 0 Å². The Morgan fingerprint density at radius 3 is 2.15 bits per heavy atom. The average Bonchev–Trinajstić information content (AvgIpc) is 3.16. The van der Waals surface area contributed by atoms with Crippen LogP contribution in [0.15, 0.2) is 82.5 Å². The molecule has 4 rings (SSSR count). The van der Waals surface area contributed by atoms with Crippen LogP contribution in [0.25, 0.3) is 0 Å². The van der Waals surface area contributed by atoms with Crippen molar-refractivity contribution in [3.63, 3.8) is 0 Å². The Balaban J connectivity index is 1.37. The summed E-state index contributed by atoms with van der Waals surface area (Å²) < 4.78 is 5.21. The van der Waals surface area contributed by atoms with Gasteiger partial charge in [0.1, 0.15) is 10.8 Å². The molecule has 2 heterocycles. The number of thioether (sulfide) groups is 1. The van der Waals surface area contributed by atoms with Gasteiger partial charge >= 0.3 is 6.03 Å². The van der Waals surface area contributed by atoms with Crippen molar-refractivity contribution < 1.29 is 14.1 Å². The lowest BCUT2D eigenvalue weighted by Gasteiger charge is -2.11. The first-order chi connectivity index (χ1) is 16.5. The van der Waals surface area contributed by atoms with Crippen molar-refractivity contribution in [1.29, 1.82) is 0 Å². The second kappa shape index (κ2) is 10.7. The number of aromatic nitrogens is 2. The maximum Gasteiger partial charge on any atom is 0.323 e. The molecule has 3 amide bonds. The van der Waals surface area contributed by atoms with Crippen molar-refractivity contribution in [2.45, 2.75) is 24.6 Å². The third kappa shape index (κ3) is 5.81. The third-order valence-electron chi connectivity index (χ3n) is 4.98. The second-order valence-electron chi connectivity index (χ2n) is 7.42. The second-order valence-corrected chi connectivity index (χ2v) is 8.39. The number of hydrogen-bond donors (Lipinski definition) is 3. The fourth-order valence-electron chi connectivity index (χ4n) is 3.18. The highest BCUT2D eigenvalue weighted by Gasteiger charge is 2.16. The van der Waals surface area contributed by atoms with Crippen LogP contribution in [0.3, 0.4) is 0 Å². The van der Waals surface area contributed by atoms with E-state index in [1.807, 2.05) is 32.0 Å². The maximum absolute atomic E-state index is 12.9. The molecule has 0 aliphatic heterocycles. The SMILES string of the molecule is Cc1noc(C)c1CSc1ncccc1C(=O)Nc1ccc(NC(=O)Nc2ccccc2)cc1. The standard InChI is InChI=1S/C25H23N5O3S/c1-16-22(17(2)33-30-16)15-34-24-21(9-6-14-26-24)23(31)27-19-10-12-20(13-11-19)29-25(32)28-18-7-4-3-5-8-18/h3-14H,15H2,1-2H3,(H,27,31)(H2,28,29,32). The minimum Gasteiger partial charge on any atom is -0.361 e. The van der Waals surface area contributed by atoms with E-state index in [2.05, 4.69) is 26.1 Å². The topological polar surface area (TPSA) is 109 Å². The van der Waals surface area contributed by atoms with E-state index in [0.29, 0.717) is 33.4 Å². The lowest BCUT2D eigenvalue weighted by Crippen LogP contribution is -2.19. The zero-order chi connectivity index (χ0) is 23.9. The van der Waals surface area contributed by atoms with E-state index in [-0.39, 0.29) is 11.9 Å². The van der Waals surface area contributed by atoms with Gasteiger partial charge in [-0.3, -0.25) is 4.79 Å². The Morgan fingerprint density at radius 2 is 1.50 bits per heavy atom. The van der Waals surface area contributed by atoms with Crippen LogP contribution in [-0.2, 0) is 5.75 Å². The Hall–Kier alpha value is -4.11. The first-order valence-corrected chi connectivity index (χ1v) is 11.5. The lowest BCUT2D eigenvalue weighted by atomic mass is 10.2. The summed E-state index contributed by atoms with van der Waals surface area (Å²) in [6.07, 6.45) is 1.66. The number of urea groups is 1. The Labute approximate surface area is 201 Å². The predicted molar refractivity (Wildman–Crippen MR) is 133 cm³/mol. The molecule has 0 atom stereocenters. The number of carbonyl (C=O) groups excluding carboxylic acids is 2. The van der Waals surface area contributed by atoms with Gasteiger partial charge in [0.2, 0.25) is 0 Å². The van der Waals surface area contributed by atoms with E-state index in [1.54, 1.807) is 54.7 Å². The number of hydrogen-bond acceptors (Lipinski definition) is 6. The molecule has 0 bridgehead atoms. The van der Waals surface area contributed by atoms with Crippen LogP contribution in [-0.4, -0.2) is 22.1 Å². The van der Waals surface area contributed by atoms with Crippen molar-refractivity contribution in [2.24, 2.45) is 0 Å². The molecular weight excluding hydrogens is 450 g/mol. The molecule has 0 aliphatic carbocycles. The predicted octanol–water partition coefficient (Wildman–Crippen LogP) is 5.88. The van der Waals surface area contributed by atoms with E-state index in [4.69, 9.17) is 4.52 Å². The molecule has 0 radical (unpaired) electrons. The molecule has 8 nitrogen and oxygen atoms in total. The summed E-state index contributed by atoms with van der Waals surface area (Å²) in [4.78, 5) is 29.4. The minimum absolute atomic E-state index is 0.267. The highest BCUT2D eigenvalue weighted by atomic mass is 32.2. The van der Waals surface area contributed by atoms with Gasteiger partial charge in [0.25, 0.3) is 5.91 Å². The molecule has 4 aromatic rings. The van der Waals surface area contributed by atoms with Crippen LogP contribution in [0, 0.1) is 13.8 Å². The summed E-state index contributed by atoms with van der Waals surface area (Å²) in [5.41, 5.74) is 4.21. The van der Waals surface area contributed by atoms with Crippen LogP contribution in [0.2, 0.25) is 0 Å². The monoisotopic (exact) mass is 473 g/mol. The minimum atomic E-state index is -0.349. The first kappa shape index (κ1) is 23.1. The largest absolute Gasteiger partial charge is 0.361 e. The van der Waals surface area contributed by atoms with E-state index >= 15 is 0 Å². The maximum atomic E-state index is 12.9. The number of nitrogens with one attached hydrogen (secondary N) is 3. The third-order valence-corrected chi connectivity index (χ3v) is 6.01. The van der Waals surface area contributed by atoms with Gasteiger partial charge in [0.05, 0.1) is 11.3 Å². The number of rotatable bonds is 7. The molecule has 3 N–H and O–H groups in total. The van der Waals surface area contributed by atoms with Gasteiger partial charge in [-0.05, 0) is 62.4 Å². The highest BCUT2D eigenvalue weighted by Crippen LogP contribution is 2.27. The van der Waals surface area contributed by atoms with Crippen LogP contribution in [0.1, 0.15) is 27.4 Å². The van der Waals surface area contributed by atoms with E-state index in [0.717, 1.165) is 17.0 Å². The number of para-hydroxylation sites is 1. The summed E-state index contributed by atoms with van der Waals surface area (Å²) in [6.45, 7) is 3.76. The first-order valence-electron chi connectivity index (χ1n) is 10.5. The smallest absolute Gasteiger partial charge is 0.323 e. The normalized spacial score (nSPS) is 10.5. The number of anilines is 3. The van der Waals surface area contributed by atoms with Crippen LogP contribution in [0.4, 0.5) is 21.9 Å². The molecule has 0 unspecified atom stereocenters. The van der Waals surface area contributed by atoms with Gasteiger partial charge in [0, 0.05) is 34.6 Å². The molecule has 2 aromatic carbocycles. The van der Waals surface area contributed by atoms with Gasteiger partial charge in [0.15, 0.2) is 0 Å². The van der Waals surface area contributed by atoms with Crippen molar-refractivity contribution >= 4 is 40.8 Å². The summed E-state index contributed by atoms with van der Waals surface area (Å²) in [7, 11) is 0. The van der Waals surface area contributed by atoms with Crippen LogP contribution >= 0.6 is 11.8 Å². The number of benzene rings is 2. The Morgan fingerprint density at radius 1 is 0.853 bits per heavy atom. The molecule has 9 heteroatoms. The van der Waals surface area contributed by atoms with Gasteiger partial charge in [-0.15, -0.1) is 11.8 Å². The molecule has 172 valence electrons. The van der Waals surface area contributed by atoms with Gasteiger partial charge in [-0.1, -0.05) is 23.4 Å². The zero-order valence-electron chi connectivity index (χ0n) is 18.7. The Bertz CT molecular complexity index is 1270. The zero-order valence-corrected chi connectivity index (χ0v) is 19.5. The molecule has 0 aliphatic rings. The van der Waals surface area contributed by atoms with E-state index in [1.165, 1.54) is 11.8 Å². The lowest BCUT2D eigenvalue weighted by molar-refractivity contribution is 0.102. The fraction of sp³-hybridized carbons (Fsp3) is 0.120. The summed E-state index contributed by atoms with van der Waals surface area (Å²) in [5, 5.41) is 13.0. The van der Waals surface area contributed by atoms with Crippen molar-refractivity contribution in [3.05, 3.63) is 95.5 Å². The molecule has 2 aromatic heterocycles. The fourth-order valence-corrected chi connectivity index (χ4v) is 4.32. The molecule has 0 fully saturated rings. The van der Waals surface area contributed by atoms with Crippen LogP contribution < -0.4 is 16.0 Å². The van der Waals surface area contributed by atoms with Gasteiger partial charge in [-0.25, -0.2) is 9.78 Å². The molecule has 34 heavy (non-hydrogen) atoms. The number of amides is 3. The number of carbonyl (C=O) groups is 2. The Kier molecular flexibility index (Phi) is 7.24. The average molecular weight is 474 g/mol. The van der Waals surface area contributed by atoms with E-state index in [9.17, 15) is 9.59 Å². The van der Waals surface area contributed by atoms with E-state index < -0.39 is 0 Å². The van der Waals surface area contributed by atoms with Crippen molar-refractivity contribution in [1.82, 2.24) is 10.1 Å². The quantitative estimate of drug-likeness (QED) is 0.289. The molecular formula is C25H23N5O3S. The number of pyridine rings is 1. The van der Waals surface area contributed by atoms with Crippen molar-refractivity contribution in [3.8, 4) is 0 Å². The molecule has 0 saturated heterocycles. The highest BCUT2D eigenvalue weighted by molar-refractivity contribution is 7.98. The molecule has 0 spiro atoms. The number of nitrogens with zero attached hydrogens (tertiary/aromatic N) is 2. The summed E-state index contributed by atoms with van der Waals surface area (Å²) >= 11 is 1.46. The van der Waals surface area contributed by atoms with Crippen LogP contribution in [0.5, 0.6) is 0 Å². The summed E-state index contributed by atoms with van der Waals surface area (Å²) in [5.74, 6) is 1.10. The number of aryl methyl sites for hydroxylation is 2. The molecule has 0 saturated carbocycles.